The summed E-state index contributed by atoms with van der Waals surface area (Å²) in [6.45, 7) is 1.42. The lowest BCUT2D eigenvalue weighted by Gasteiger charge is -2.23. The molecule has 1 amide bonds. The summed E-state index contributed by atoms with van der Waals surface area (Å²) in [5, 5.41) is 3.32. The Morgan fingerprint density at radius 3 is 2.52 bits per heavy atom. The van der Waals surface area contributed by atoms with Gasteiger partial charge in [0.2, 0.25) is 5.91 Å². The zero-order valence-corrected chi connectivity index (χ0v) is 16.4. The maximum absolute atomic E-state index is 11.9. The van der Waals surface area contributed by atoms with Crippen molar-refractivity contribution in [3.05, 3.63) is 54.0 Å². The van der Waals surface area contributed by atoms with Gasteiger partial charge in [0.25, 0.3) is 0 Å². The maximum atomic E-state index is 11.9. The van der Waals surface area contributed by atoms with Crippen LogP contribution < -0.4 is 10.1 Å². The molecular weight excluding hydrogens is 344 g/mol. The molecule has 0 aliphatic carbocycles. The lowest BCUT2D eigenvalue weighted by atomic mass is 10.2. The minimum atomic E-state index is -0.0433. The van der Waals surface area contributed by atoms with Crippen molar-refractivity contribution in [2.24, 2.45) is 4.99 Å². The number of furan rings is 1. The van der Waals surface area contributed by atoms with E-state index >= 15 is 0 Å². The normalized spacial score (nSPS) is 11.2. The maximum Gasteiger partial charge on any atom is 0.243 e. The molecule has 7 nitrogen and oxygen atoms in total. The number of aliphatic imine (C=N–C) groups is 1. The summed E-state index contributed by atoms with van der Waals surface area (Å²) in [6.07, 6.45) is 2.40. The molecule has 27 heavy (non-hydrogen) atoms. The number of carbonyl (C=O) groups is 1. The molecule has 0 aliphatic rings. The number of benzene rings is 1. The van der Waals surface area contributed by atoms with E-state index in [9.17, 15) is 4.79 Å². The van der Waals surface area contributed by atoms with E-state index in [1.165, 1.54) is 4.90 Å². The molecular formula is C20H28N4O3. The Balaban J connectivity index is 2.01. The van der Waals surface area contributed by atoms with Gasteiger partial charge >= 0.3 is 0 Å². The molecule has 0 saturated heterocycles. The van der Waals surface area contributed by atoms with Crippen molar-refractivity contribution in [2.45, 2.75) is 13.0 Å². The van der Waals surface area contributed by atoms with Crippen LogP contribution in [0.15, 0.2) is 52.1 Å². The first-order chi connectivity index (χ1) is 13.0. The van der Waals surface area contributed by atoms with Gasteiger partial charge < -0.3 is 24.3 Å². The van der Waals surface area contributed by atoms with Gasteiger partial charge in [-0.15, -0.1) is 0 Å². The van der Waals surface area contributed by atoms with Gasteiger partial charge in [-0.1, -0.05) is 12.1 Å². The average Bonchev–Trinajstić information content (AvgIpc) is 3.18. The van der Waals surface area contributed by atoms with Crippen LogP contribution in [0.25, 0.3) is 0 Å². The number of guanidine groups is 1. The number of nitrogens with zero attached hydrogens (tertiary/aromatic N) is 3. The zero-order chi connectivity index (χ0) is 19.6. The average molecular weight is 372 g/mol. The molecule has 1 aromatic carbocycles. The molecule has 1 N–H and O–H groups in total. The topological polar surface area (TPSA) is 70.3 Å². The Kier molecular flexibility index (Phi) is 7.73. The van der Waals surface area contributed by atoms with Gasteiger partial charge in [0.15, 0.2) is 5.96 Å². The molecule has 0 bridgehead atoms. The highest BCUT2D eigenvalue weighted by Crippen LogP contribution is 2.12. The Bertz CT molecular complexity index is 724. The standard InChI is InChI=1S/C20H28N4O3/c1-23(2)19(25)14-22-20(21-12-11-18-6-5-13-27-18)24(3)15-16-7-9-17(26-4)10-8-16/h5-10,13H,11-12,14-15H2,1-4H3,(H,21,22). The molecule has 2 rings (SSSR count). The summed E-state index contributed by atoms with van der Waals surface area (Å²) in [6, 6.07) is 11.7. The van der Waals surface area contributed by atoms with E-state index in [4.69, 9.17) is 9.15 Å². The van der Waals surface area contributed by atoms with E-state index in [2.05, 4.69) is 10.3 Å². The number of carbonyl (C=O) groups excluding carboxylic acids is 1. The van der Waals surface area contributed by atoms with E-state index in [1.54, 1.807) is 27.5 Å². The van der Waals surface area contributed by atoms with Gasteiger partial charge in [-0.05, 0) is 29.8 Å². The molecule has 0 aliphatic heterocycles. The van der Waals surface area contributed by atoms with Crippen LogP contribution in [0.3, 0.4) is 0 Å². The fourth-order valence-electron chi connectivity index (χ4n) is 2.43. The van der Waals surface area contributed by atoms with E-state index in [0.29, 0.717) is 19.0 Å². The van der Waals surface area contributed by atoms with Crippen molar-refractivity contribution < 1.29 is 13.9 Å². The summed E-state index contributed by atoms with van der Waals surface area (Å²) in [7, 11) is 7.05. The highest BCUT2D eigenvalue weighted by Gasteiger charge is 2.10. The Morgan fingerprint density at radius 1 is 1.19 bits per heavy atom. The lowest BCUT2D eigenvalue weighted by molar-refractivity contribution is -0.127. The Morgan fingerprint density at radius 2 is 1.93 bits per heavy atom. The van der Waals surface area contributed by atoms with Gasteiger partial charge in [-0.3, -0.25) is 4.79 Å². The molecule has 0 spiro atoms. The predicted octanol–water partition coefficient (Wildman–Crippen LogP) is 2.00. The van der Waals surface area contributed by atoms with E-state index in [-0.39, 0.29) is 12.5 Å². The molecule has 0 fully saturated rings. The molecule has 0 saturated carbocycles. The van der Waals surface area contributed by atoms with Crippen LogP contribution in [0.1, 0.15) is 11.3 Å². The largest absolute Gasteiger partial charge is 0.497 e. The number of nitrogens with one attached hydrogen (secondary N) is 1. The number of likely N-dealkylation sites (N-methyl/N-ethyl adjacent to an activating group) is 1. The third-order valence-corrected chi connectivity index (χ3v) is 4.04. The molecule has 0 radical (unpaired) electrons. The predicted molar refractivity (Wildman–Crippen MR) is 106 cm³/mol. The molecule has 7 heteroatoms. The number of amides is 1. The fourth-order valence-corrected chi connectivity index (χ4v) is 2.43. The van der Waals surface area contributed by atoms with Crippen LogP contribution in [-0.2, 0) is 17.8 Å². The van der Waals surface area contributed by atoms with Crippen molar-refractivity contribution in [1.82, 2.24) is 15.1 Å². The second-order valence-electron chi connectivity index (χ2n) is 6.39. The summed E-state index contributed by atoms with van der Waals surface area (Å²) < 4.78 is 10.6. The second kappa shape index (κ2) is 10.3. The number of hydrogen-bond acceptors (Lipinski definition) is 4. The first kappa shape index (κ1) is 20.4. The van der Waals surface area contributed by atoms with E-state index in [0.717, 1.165) is 23.5 Å². The van der Waals surface area contributed by atoms with Crippen molar-refractivity contribution in [3.63, 3.8) is 0 Å². The van der Waals surface area contributed by atoms with Gasteiger partial charge in [0, 0.05) is 40.7 Å². The summed E-state index contributed by atoms with van der Waals surface area (Å²) in [4.78, 5) is 19.9. The van der Waals surface area contributed by atoms with Gasteiger partial charge in [0.1, 0.15) is 18.1 Å². The van der Waals surface area contributed by atoms with Crippen LogP contribution >= 0.6 is 0 Å². The minimum absolute atomic E-state index is 0.0433. The smallest absolute Gasteiger partial charge is 0.243 e. The number of methoxy groups -OCH3 is 1. The molecule has 1 aromatic heterocycles. The van der Waals surface area contributed by atoms with E-state index < -0.39 is 0 Å². The Hall–Kier alpha value is -2.96. The van der Waals surface area contributed by atoms with Crippen molar-refractivity contribution in [2.75, 3.05) is 41.3 Å². The summed E-state index contributed by atoms with van der Waals surface area (Å²) >= 11 is 0. The number of rotatable bonds is 8. The zero-order valence-electron chi connectivity index (χ0n) is 16.4. The highest BCUT2D eigenvalue weighted by atomic mass is 16.5. The molecule has 1 heterocycles. The van der Waals surface area contributed by atoms with Crippen molar-refractivity contribution in [1.29, 1.82) is 0 Å². The van der Waals surface area contributed by atoms with Gasteiger partial charge in [0.05, 0.1) is 13.4 Å². The third-order valence-electron chi connectivity index (χ3n) is 4.04. The third kappa shape index (κ3) is 6.69. The van der Waals surface area contributed by atoms with Crippen molar-refractivity contribution >= 4 is 11.9 Å². The van der Waals surface area contributed by atoms with E-state index in [1.807, 2.05) is 48.3 Å². The second-order valence-corrected chi connectivity index (χ2v) is 6.39. The molecule has 2 aromatic rings. The van der Waals surface area contributed by atoms with Gasteiger partial charge in [-0.2, -0.15) is 0 Å². The summed E-state index contributed by atoms with van der Waals surface area (Å²) in [5.41, 5.74) is 1.12. The number of hydrogen-bond donors (Lipinski definition) is 1. The highest BCUT2D eigenvalue weighted by molar-refractivity contribution is 5.84. The Labute approximate surface area is 160 Å². The SMILES string of the molecule is COc1ccc(CN(C)C(=NCC(=O)N(C)C)NCCc2ccco2)cc1. The van der Waals surface area contributed by atoms with Crippen molar-refractivity contribution in [3.8, 4) is 5.75 Å². The van der Waals surface area contributed by atoms with Crippen LogP contribution in [0.2, 0.25) is 0 Å². The monoisotopic (exact) mass is 372 g/mol. The lowest BCUT2D eigenvalue weighted by Crippen LogP contribution is -2.40. The first-order valence-electron chi connectivity index (χ1n) is 8.84. The first-order valence-corrected chi connectivity index (χ1v) is 8.84. The number of ether oxygens (including phenoxy) is 1. The molecule has 146 valence electrons. The van der Waals surface area contributed by atoms with Crippen LogP contribution in [0, 0.1) is 0 Å². The van der Waals surface area contributed by atoms with Gasteiger partial charge in [-0.25, -0.2) is 4.99 Å². The van der Waals surface area contributed by atoms with Crippen LogP contribution in [-0.4, -0.2) is 63.0 Å². The van der Waals surface area contributed by atoms with Crippen LogP contribution in [0.5, 0.6) is 5.75 Å². The fraction of sp³-hybridized carbons (Fsp3) is 0.400. The van der Waals surface area contributed by atoms with Crippen LogP contribution in [0.4, 0.5) is 0 Å². The molecule has 0 unspecified atom stereocenters. The molecule has 0 atom stereocenters. The summed E-state index contributed by atoms with van der Waals surface area (Å²) in [5.74, 6) is 2.36. The minimum Gasteiger partial charge on any atom is -0.497 e. The quantitative estimate of drug-likeness (QED) is 0.567.